The van der Waals surface area contributed by atoms with Gasteiger partial charge in [-0.15, -0.1) is 0 Å². The monoisotopic (exact) mass is 344 g/mol. The van der Waals surface area contributed by atoms with Gasteiger partial charge in [0.25, 0.3) is 0 Å². The summed E-state index contributed by atoms with van der Waals surface area (Å²) in [6.07, 6.45) is 0. The van der Waals surface area contributed by atoms with E-state index in [1.807, 2.05) is 0 Å². The summed E-state index contributed by atoms with van der Waals surface area (Å²) in [6.45, 7) is 0. The molecule has 0 unspecified atom stereocenters. The van der Waals surface area contributed by atoms with E-state index in [9.17, 15) is 0 Å². The first-order valence-electron chi connectivity index (χ1n) is 0.783. The molecule has 0 amide bonds. The van der Waals surface area contributed by atoms with Crippen LogP contribution in [0.15, 0.2) is 0 Å². The average Bonchev–Trinajstić information content (AvgIpc) is 0.722. The van der Waals surface area contributed by atoms with Crippen molar-refractivity contribution < 1.29 is 19.2 Å². The third-order valence-electron chi connectivity index (χ3n) is 0. The number of rotatable bonds is 0. The molecule has 0 heterocycles. The van der Waals surface area contributed by atoms with E-state index in [1.54, 1.807) is 0 Å². The van der Waals surface area contributed by atoms with Crippen LogP contribution >= 0.6 is 7.82 Å². The summed E-state index contributed by atoms with van der Waals surface area (Å²) in [5.41, 5.74) is 0. The molecule has 3 N–H and O–H groups in total. The number of hydrogen-bond acceptors (Lipinski definition) is 1. The fraction of sp³-hybridized carbons (Fsp3) is 0. The SMILES string of the molecule is O=P(O)(O)O.[SbH3].[SnH2]. The normalized spacial score (nSPS) is 8.43. The molecule has 0 bridgehead atoms. The molecule has 4 nitrogen and oxygen atoms in total. The van der Waals surface area contributed by atoms with Gasteiger partial charge in [0.2, 0.25) is 0 Å². The van der Waals surface area contributed by atoms with Gasteiger partial charge in [0.05, 0.1) is 0 Å². The van der Waals surface area contributed by atoms with Crippen molar-refractivity contribution in [3.8, 4) is 0 Å². The van der Waals surface area contributed by atoms with Gasteiger partial charge < -0.3 is 14.7 Å². The Balaban J connectivity index is -0.0000000800. The van der Waals surface area contributed by atoms with Crippen molar-refractivity contribution >= 4 is 56.2 Å². The maximum atomic E-state index is 8.88. The van der Waals surface area contributed by atoms with Gasteiger partial charge in [0.1, 0.15) is 0 Å². The first-order valence-corrected chi connectivity index (χ1v) is 2.35. The third kappa shape index (κ3) is 85.0. The zero-order valence-corrected chi connectivity index (χ0v) is 12.6. The molecule has 7 heteroatoms. The van der Waals surface area contributed by atoms with E-state index in [0.29, 0.717) is 0 Å². The molecule has 0 aromatic carbocycles. The summed E-state index contributed by atoms with van der Waals surface area (Å²) in [6, 6.07) is 0. The van der Waals surface area contributed by atoms with Gasteiger partial charge in [-0.25, -0.2) is 4.57 Å². The molecule has 0 aromatic rings. The second kappa shape index (κ2) is 5.86. The van der Waals surface area contributed by atoms with E-state index in [1.165, 1.54) is 0 Å². The van der Waals surface area contributed by atoms with E-state index >= 15 is 0 Å². The Labute approximate surface area is 75.0 Å². The molecule has 0 fully saturated rings. The molecule has 7 heavy (non-hydrogen) atoms. The van der Waals surface area contributed by atoms with E-state index in [4.69, 9.17) is 19.2 Å². The molecular weight excluding hydrogens is 335 g/mol. The number of hydrogen-bond donors (Lipinski definition) is 3. The Morgan fingerprint density at radius 3 is 1.14 bits per heavy atom. The molecule has 0 saturated heterocycles. The van der Waals surface area contributed by atoms with Crippen molar-refractivity contribution in [2.45, 2.75) is 0 Å². The molecule has 0 aliphatic carbocycles. The quantitative estimate of drug-likeness (QED) is 0.323. The average molecular weight is 344 g/mol. The fourth-order valence-electron chi connectivity index (χ4n) is 0. The van der Waals surface area contributed by atoms with Crippen LogP contribution in [0.1, 0.15) is 0 Å². The first kappa shape index (κ1) is 15.9. The summed E-state index contributed by atoms with van der Waals surface area (Å²) in [5.74, 6) is 0. The van der Waals surface area contributed by atoms with Crippen LogP contribution in [0, 0.1) is 0 Å². The fourth-order valence-corrected chi connectivity index (χ4v) is 0. The van der Waals surface area contributed by atoms with Gasteiger partial charge >= 0.3 is 56.2 Å². The van der Waals surface area contributed by atoms with Crippen molar-refractivity contribution in [2.75, 3.05) is 0 Å². The molecule has 2 radical (unpaired) electrons. The van der Waals surface area contributed by atoms with Gasteiger partial charge in [-0.05, 0) is 0 Å². The summed E-state index contributed by atoms with van der Waals surface area (Å²) < 4.78 is 8.88. The Hall–Kier alpha value is 1.73. The summed E-state index contributed by atoms with van der Waals surface area (Å²) in [7, 11) is -4.64. The van der Waals surface area contributed by atoms with Crippen LogP contribution in [0.5, 0.6) is 0 Å². The first-order chi connectivity index (χ1) is 2.00. The Morgan fingerprint density at radius 1 is 1.14 bits per heavy atom. The van der Waals surface area contributed by atoms with Crippen molar-refractivity contribution in [1.82, 2.24) is 0 Å². The van der Waals surface area contributed by atoms with Crippen LogP contribution in [0.3, 0.4) is 0 Å². The predicted molar refractivity (Wildman–Crippen MR) is 32.7 cm³/mol. The van der Waals surface area contributed by atoms with Crippen LogP contribution in [-0.2, 0) is 4.57 Å². The molecule has 0 spiro atoms. The van der Waals surface area contributed by atoms with Crippen LogP contribution in [0.25, 0.3) is 0 Å². The Kier molecular flexibility index (Phi) is 13.3. The van der Waals surface area contributed by atoms with Gasteiger partial charge in [0.15, 0.2) is 0 Å². The molecule has 0 atom stereocenters. The summed E-state index contributed by atoms with van der Waals surface area (Å²) in [4.78, 5) is 21.6. The zero-order valence-electron chi connectivity index (χ0n) is 3.61. The molecule has 0 rings (SSSR count). The minimum absolute atomic E-state index is 0. The van der Waals surface area contributed by atoms with Crippen molar-refractivity contribution in [3.05, 3.63) is 0 Å². The molecule has 0 aliphatic heterocycles. The molecule has 0 aliphatic rings. The van der Waals surface area contributed by atoms with E-state index in [2.05, 4.69) is 0 Å². The second-order valence-corrected chi connectivity index (χ2v) is 1.54. The maximum absolute atomic E-state index is 8.88. The molecule has 46 valence electrons. The topological polar surface area (TPSA) is 77.8 Å². The van der Waals surface area contributed by atoms with Crippen molar-refractivity contribution in [3.63, 3.8) is 0 Å². The van der Waals surface area contributed by atoms with Crippen LogP contribution in [0.2, 0.25) is 0 Å². The van der Waals surface area contributed by atoms with Crippen molar-refractivity contribution in [2.24, 2.45) is 0 Å². The standard InChI is InChI=1S/H3O4P.Sb.Sn.5H/c1-5(2,3)4;;;;;;;/h(H3,1,2,3,4);;;;;;;. The third-order valence-corrected chi connectivity index (χ3v) is 0. The van der Waals surface area contributed by atoms with E-state index < -0.39 is 7.82 Å². The number of phosphoric acid groups is 1. The van der Waals surface area contributed by atoms with Crippen LogP contribution in [0.4, 0.5) is 0 Å². The molecule has 0 aromatic heterocycles. The summed E-state index contributed by atoms with van der Waals surface area (Å²) >= 11 is 0. The van der Waals surface area contributed by atoms with Gasteiger partial charge in [-0.2, -0.15) is 0 Å². The van der Waals surface area contributed by atoms with Gasteiger partial charge in [0, 0.05) is 0 Å². The summed E-state index contributed by atoms with van der Waals surface area (Å²) in [5, 5.41) is 0. The van der Waals surface area contributed by atoms with Crippen LogP contribution < -0.4 is 0 Å². The van der Waals surface area contributed by atoms with Crippen LogP contribution in [-0.4, -0.2) is 63.0 Å². The Morgan fingerprint density at radius 2 is 1.14 bits per heavy atom. The second-order valence-electron chi connectivity index (χ2n) is 0.513. The zero-order chi connectivity index (χ0) is 4.50. The minimum atomic E-state index is -4.64. The van der Waals surface area contributed by atoms with Gasteiger partial charge in [-0.3, -0.25) is 0 Å². The van der Waals surface area contributed by atoms with Gasteiger partial charge in [-0.1, -0.05) is 0 Å². The van der Waals surface area contributed by atoms with Crippen molar-refractivity contribution in [1.29, 1.82) is 0 Å². The van der Waals surface area contributed by atoms with E-state index in [0.717, 1.165) is 0 Å². The Bertz CT molecular complexity index is 57.8. The predicted octanol–water partition coefficient (Wildman–Crippen LogP) is -3.03. The molecule has 0 saturated carbocycles. The van der Waals surface area contributed by atoms with E-state index in [-0.39, 0.29) is 48.3 Å². The molecular formula is H8O4PSbSn.